The summed E-state index contributed by atoms with van der Waals surface area (Å²) in [5.74, 6) is -0.230. The van der Waals surface area contributed by atoms with E-state index in [4.69, 9.17) is 16.3 Å². The Morgan fingerprint density at radius 2 is 2.00 bits per heavy atom. The zero-order chi connectivity index (χ0) is 16.6. The summed E-state index contributed by atoms with van der Waals surface area (Å²) in [5, 5.41) is -0.0179. The molecular weight excluding hydrogens is 338 g/mol. The maximum atomic E-state index is 12.5. The average molecular weight is 352 g/mol. The fourth-order valence-electron chi connectivity index (χ4n) is 2.23. The van der Waals surface area contributed by atoms with Crippen LogP contribution in [0.25, 0.3) is 0 Å². The van der Waals surface area contributed by atoms with E-state index in [0.29, 0.717) is 17.9 Å². The molecule has 1 aromatic heterocycles. The molecule has 0 spiro atoms. The second kappa shape index (κ2) is 5.94. The molecule has 7 heteroatoms. The quantitative estimate of drug-likeness (QED) is 0.774. The van der Waals surface area contributed by atoms with Crippen molar-refractivity contribution in [3.8, 4) is 5.88 Å². The molecule has 23 heavy (non-hydrogen) atoms. The van der Waals surface area contributed by atoms with Crippen LogP contribution in [0.2, 0.25) is 5.02 Å². The second-order valence-corrected chi connectivity index (χ2v) is 7.92. The van der Waals surface area contributed by atoms with Crippen molar-refractivity contribution in [2.45, 2.75) is 23.0 Å². The monoisotopic (exact) mass is 351 g/mol. The van der Waals surface area contributed by atoms with Crippen LogP contribution in [0.15, 0.2) is 41.3 Å². The lowest BCUT2D eigenvalue weighted by atomic mass is 10.1. The van der Waals surface area contributed by atoms with Gasteiger partial charge in [0.25, 0.3) is 0 Å². The first kappa shape index (κ1) is 16.0. The van der Waals surface area contributed by atoms with Gasteiger partial charge in [-0.1, -0.05) is 23.7 Å². The van der Waals surface area contributed by atoms with Gasteiger partial charge in [-0.05, 0) is 37.1 Å². The van der Waals surface area contributed by atoms with Gasteiger partial charge in [-0.2, -0.15) is 0 Å². The molecular formula is C16H14ClNO4S. The van der Waals surface area contributed by atoms with Crippen LogP contribution in [0, 0.1) is 0 Å². The van der Waals surface area contributed by atoms with Crippen LogP contribution in [0.5, 0.6) is 5.88 Å². The van der Waals surface area contributed by atoms with Gasteiger partial charge in [0.1, 0.15) is 10.7 Å². The highest BCUT2D eigenvalue weighted by atomic mass is 35.5. The average Bonchev–Trinajstić information content (AvgIpc) is 3.40. The summed E-state index contributed by atoms with van der Waals surface area (Å²) in [4.78, 5) is 16.8. The zero-order valence-electron chi connectivity index (χ0n) is 12.3. The highest BCUT2D eigenvalue weighted by Crippen LogP contribution is 2.33. The Hall–Kier alpha value is -1.92. The molecule has 1 aromatic carbocycles. The predicted octanol–water partition coefficient (Wildman–Crippen LogP) is 2.91. The van der Waals surface area contributed by atoms with E-state index in [2.05, 4.69) is 4.98 Å². The summed E-state index contributed by atoms with van der Waals surface area (Å²) in [6.45, 7) is 0. The topological polar surface area (TPSA) is 73.3 Å². The van der Waals surface area contributed by atoms with Gasteiger partial charge in [-0.25, -0.2) is 13.4 Å². The SMILES string of the molecule is COc1nc(C(=O)c2cccc(S(=O)(=O)C3CC3)c2)ccc1Cl. The number of rotatable bonds is 5. The van der Waals surface area contributed by atoms with E-state index in [1.165, 1.54) is 31.4 Å². The minimum atomic E-state index is -3.34. The zero-order valence-corrected chi connectivity index (χ0v) is 13.9. The number of hydrogen-bond acceptors (Lipinski definition) is 5. The third kappa shape index (κ3) is 3.09. The molecule has 1 aliphatic rings. The van der Waals surface area contributed by atoms with Crippen molar-refractivity contribution in [2.24, 2.45) is 0 Å². The van der Waals surface area contributed by atoms with Crippen LogP contribution >= 0.6 is 11.6 Å². The van der Waals surface area contributed by atoms with E-state index in [9.17, 15) is 13.2 Å². The van der Waals surface area contributed by atoms with E-state index in [1.807, 2.05) is 0 Å². The molecule has 0 atom stereocenters. The Morgan fingerprint density at radius 3 is 2.65 bits per heavy atom. The standard InChI is InChI=1S/C16H14ClNO4S/c1-22-16-13(17)7-8-14(18-16)15(19)10-3-2-4-12(9-10)23(20,21)11-5-6-11/h2-4,7-9,11H,5-6H2,1H3. The molecule has 0 N–H and O–H groups in total. The van der Waals surface area contributed by atoms with Crippen LogP contribution in [0.1, 0.15) is 28.9 Å². The van der Waals surface area contributed by atoms with Crippen molar-refractivity contribution in [3.63, 3.8) is 0 Å². The molecule has 0 bridgehead atoms. The van der Waals surface area contributed by atoms with Crippen molar-refractivity contribution >= 4 is 27.2 Å². The maximum Gasteiger partial charge on any atom is 0.232 e. The van der Waals surface area contributed by atoms with Crippen LogP contribution in [0.4, 0.5) is 0 Å². The van der Waals surface area contributed by atoms with Gasteiger partial charge >= 0.3 is 0 Å². The van der Waals surface area contributed by atoms with Gasteiger partial charge < -0.3 is 4.74 Å². The van der Waals surface area contributed by atoms with Crippen molar-refractivity contribution in [2.75, 3.05) is 7.11 Å². The fourth-order valence-corrected chi connectivity index (χ4v) is 4.11. The number of hydrogen-bond donors (Lipinski definition) is 0. The van der Waals surface area contributed by atoms with Gasteiger partial charge in [0.15, 0.2) is 9.84 Å². The first-order valence-corrected chi connectivity index (χ1v) is 8.95. The Balaban J connectivity index is 1.97. The first-order chi connectivity index (χ1) is 10.9. The van der Waals surface area contributed by atoms with Crippen molar-refractivity contribution in [1.29, 1.82) is 0 Å². The normalized spacial score (nSPS) is 14.5. The molecule has 0 aliphatic heterocycles. The molecule has 1 heterocycles. The van der Waals surface area contributed by atoms with Gasteiger partial charge in [0.2, 0.25) is 11.7 Å². The molecule has 1 fully saturated rings. The molecule has 1 aliphatic carbocycles. The summed E-state index contributed by atoms with van der Waals surface area (Å²) >= 11 is 5.90. The smallest absolute Gasteiger partial charge is 0.232 e. The number of nitrogens with zero attached hydrogens (tertiary/aromatic N) is 1. The Morgan fingerprint density at radius 1 is 1.26 bits per heavy atom. The highest BCUT2D eigenvalue weighted by molar-refractivity contribution is 7.92. The predicted molar refractivity (Wildman–Crippen MR) is 85.9 cm³/mol. The van der Waals surface area contributed by atoms with Crippen LogP contribution in [-0.4, -0.2) is 31.5 Å². The van der Waals surface area contributed by atoms with Gasteiger partial charge in [0, 0.05) is 5.56 Å². The number of ether oxygens (including phenoxy) is 1. The number of halogens is 1. The third-order valence-corrected chi connectivity index (χ3v) is 6.18. The van der Waals surface area contributed by atoms with Crippen molar-refractivity contribution in [1.82, 2.24) is 4.98 Å². The molecule has 5 nitrogen and oxygen atoms in total. The summed E-state index contributed by atoms with van der Waals surface area (Å²) in [6, 6.07) is 9.05. The molecule has 3 rings (SSSR count). The van der Waals surface area contributed by atoms with Crippen molar-refractivity contribution < 1.29 is 17.9 Å². The summed E-state index contributed by atoms with van der Waals surface area (Å²) in [5.41, 5.74) is 0.413. The molecule has 2 aromatic rings. The van der Waals surface area contributed by atoms with E-state index in [0.717, 1.165) is 0 Å². The molecule has 0 radical (unpaired) electrons. The molecule has 1 saturated carbocycles. The summed E-state index contributed by atoms with van der Waals surface area (Å²) in [6.07, 6.45) is 1.35. The van der Waals surface area contributed by atoms with E-state index in [-0.39, 0.29) is 33.1 Å². The first-order valence-electron chi connectivity index (χ1n) is 7.02. The van der Waals surface area contributed by atoms with E-state index < -0.39 is 9.84 Å². The van der Waals surface area contributed by atoms with Gasteiger partial charge in [0.05, 0.1) is 17.3 Å². The largest absolute Gasteiger partial charge is 0.480 e. The number of benzene rings is 1. The molecule has 0 saturated heterocycles. The number of pyridine rings is 1. The lowest BCUT2D eigenvalue weighted by molar-refractivity contribution is 0.103. The van der Waals surface area contributed by atoms with Crippen LogP contribution < -0.4 is 4.74 Å². The van der Waals surface area contributed by atoms with Crippen LogP contribution in [-0.2, 0) is 9.84 Å². The lowest BCUT2D eigenvalue weighted by Crippen LogP contribution is -2.10. The number of carbonyl (C=O) groups is 1. The van der Waals surface area contributed by atoms with E-state index >= 15 is 0 Å². The number of aromatic nitrogens is 1. The lowest BCUT2D eigenvalue weighted by Gasteiger charge is -2.07. The Labute approximate surface area is 139 Å². The highest BCUT2D eigenvalue weighted by Gasteiger charge is 2.37. The number of methoxy groups -OCH3 is 1. The molecule has 0 unspecified atom stereocenters. The maximum absolute atomic E-state index is 12.5. The number of carbonyl (C=O) groups excluding carboxylic acids is 1. The fraction of sp³-hybridized carbons (Fsp3) is 0.250. The summed E-state index contributed by atoms with van der Waals surface area (Å²) in [7, 11) is -1.93. The Bertz CT molecular complexity index is 875. The van der Waals surface area contributed by atoms with Gasteiger partial charge in [-0.3, -0.25) is 4.79 Å². The van der Waals surface area contributed by atoms with Gasteiger partial charge in [-0.15, -0.1) is 0 Å². The summed E-state index contributed by atoms with van der Waals surface area (Å²) < 4.78 is 29.6. The van der Waals surface area contributed by atoms with Crippen LogP contribution in [0.3, 0.4) is 0 Å². The van der Waals surface area contributed by atoms with E-state index in [1.54, 1.807) is 12.1 Å². The Kier molecular flexibility index (Phi) is 4.12. The minimum Gasteiger partial charge on any atom is -0.480 e. The number of ketones is 1. The second-order valence-electron chi connectivity index (χ2n) is 5.29. The number of sulfone groups is 1. The van der Waals surface area contributed by atoms with Crippen molar-refractivity contribution in [3.05, 3.63) is 52.7 Å². The molecule has 120 valence electrons. The minimum absolute atomic E-state index is 0.146. The third-order valence-electron chi connectivity index (χ3n) is 3.63. The molecule has 0 amide bonds.